The summed E-state index contributed by atoms with van der Waals surface area (Å²) in [5.41, 5.74) is 0.235. The van der Waals surface area contributed by atoms with E-state index in [9.17, 15) is 9.18 Å². The maximum absolute atomic E-state index is 13.0. The number of benzene rings is 1. The molecular formula is C11H5Cl3FN3O. The van der Waals surface area contributed by atoms with Crippen molar-refractivity contribution >= 4 is 46.4 Å². The molecule has 2 rings (SSSR count). The van der Waals surface area contributed by atoms with Crippen LogP contribution in [0.2, 0.25) is 15.3 Å². The van der Waals surface area contributed by atoms with Gasteiger partial charge in [0, 0.05) is 5.56 Å². The minimum absolute atomic E-state index is 0.00144. The summed E-state index contributed by atoms with van der Waals surface area (Å²) < 4.78 is 13.0. The summed E-state index contributed by atoms with van der Waals surface area (Å²) in [4.78, 5) is 19.3. The van der Waals surface area contributed by atoms with E-state index in [1.165, 1.54) is 12.1 Å². The number of rotatable bonds is 2. The zero-order chi connectivity index (χ0) is 14.0. The fourth-order valence-corrected chi connectivity index (χ4v) is 1.86. The molecule has 0 spiro atoms. The minimum atomic E-state index is -0.614. The average molecular weight is 321 g/mol. The number of nitrogens with zero attached hydrogens (tertiary/aromatic N) is 2. The zero-order valence-corrected chi connectivity index (χ0v) is 11.4. The van der Waals surface area contributed by atoms with E-state index >= 15 is 0 Å². The molecule has 1 amide bonds. The number of carbonyl (C=O) groups is 1. The van der Waals surface area contributed by atoms with Crippen LogP contribution in [0.25, 0.3) is 0 Å². The summed E-state index contributed by atoms with van der Waals surface area (Å²) >= 11 is 17.2. The predicted molar refractivity (Wildman–Crippen MR) is 71.4 cm³/mol. The first-order valence-electron chi connectivity index (χ1n) is 4.91. The third-order valence-corrected chi connectivity index (χ3v) is 3.04. The second-order valence-corrected chi connectivity index (χ2v) is 4.54. The summed E-state index contributed by atoms with van der Waals surface area (Å²) in [7, 11) is 0. The van der Waals surface area contributed by atoms with Crippen molar-refractivity contribution in [3.8, 4) is 0 Å². The Bertz CT molecular complexity index is 631. The van der Waals surface area contributed by atoms with Gasteiger partial charge in [0.1, 0.15) is 17.8 Å². The fourth-order valence-electron chi connectivity index (χ4n) is 1.27. The molecule has 8 heteroatoms. The Morgan fingerprint density at radius 3 is 2.37 bits per heavy atom. The lowest BCUT2D eigenvalue weighted by atomic mass is 10.2. The first-order chi connectivity index (χ1) is 8.99. The number of amides is 1. The van der Waals surface area contributed by atoms with Crippen LogP contribution in [0.4, 0.5) is 10.1 Å². The summed E-state index contributed by atoms with van der Waals surface area (Å²) in [6.45, 7) is 0. The topological polar surface area (TPSA) is 54.9 Å². The maximum atomic E-state index is 13.0. The Labute approximate surface area is 122 Å². The van der Waals surface area contributed by atoms with Crippen molar-refractivity contribution < 1.29 is 9.18 Å². The van der Waals surface area contributed by atoms with Crippen molar-refractivity contribution in [3.05, 3.63) is 51.2 Å². The monoisotopic (exact) mass is 319 g/mol. The second-order valence-electron chi connectivity index (χ2n) is 3.41. The van der Waals surface area contributed by atoms with E-state index in [-0.39, 0.29) is 26.6 Å². The standard InChI is InChI=1S/C11H5Cl3FN3O/c12-6-3-5(1-2-7(6)15)11(19)18-8-9(13)16-4-17-10(8)14/h1-4H,(H,18,19). The average Bonchev–Trinajstić information content (AvgIpc) is 2.37. The summed E-state index contributed by atoms with van der Waals surface area (Å²) in [5.74, 6) is -1.17. The molecule has 0 saturated heterocycles. The number of aromatic nitrogens is 2. The van der Waals surface area contributed by atoms with Gasteiger partial charge in [-0.1, -0.05) is 34.8 Å². The molecular weight excluding hydrogens is 315 g/mol. The smallest absolute Gasteiger partial charge is 0.255 e. The minimum Gasteiger partial charge on any atom is -0.317 e. The molecule has 98 valence electrons. The molecule has 0 aliphatic heterocycles. The quantitative estimate of drug-likeness (QED) is 0.856. The van der Waals surface area contributed by atoms with E-state index in [0.29, 0.717) is 0 Å². The molecule has 0 saturated carbocycles. The normalized spacial score (nSPS) is 10.3. The summed E-state index contributed by atoms with van der Waals surface area (Å²) in [6, 6.07) is 3.56. The molecule has 0 bridgehead atoms. The van der Waals surface area contributed by atoms with Gasteiger partial charge in [0.15, 0.2) is 10.3 Å². The lowest BCUT2D eigenvalue weighted by Gasteiger charge is -2.07. The highest BCUT2D eigenvalue weighted by molar-refractivity contribution is 6.38. The molecule has 1 aromatic heterocycles. The molecule has 0 unspecified atom stereocenters. The Balaban J connectivity index is 2.28. The molecule has 0 aliphatic rings. The summed E-state index contributed by atoms with van der Waals surface area (Å²) in [6.07, 6.45) is 1.16. The third-order valence-electron chi connectivity index (χ3n) is 2.18. The lowest BCUT2D eigenvalue weighted by molar-refractivity contribution is 0.102. The molecule has 2 aromatic rings. The van der Waals surface area contributed by atoms with Gasteiger partial charge in [-0.3, -0.25) is 4.79 Å². The van der Waals surface area contributed by atoms with E-state index in [2.05, 4.69) is 15.3 Å². The van der Waals surface area contributed by atoms with Crippen molar-refractivity contribution in [1.82, 2.24) is 9.97 Å². The highest BCUT2D eigenvalue weighted by Crippen LogP contribution is 2.26. The molecule has 1 aromatic carbocycles. The van der Waals surface area contributed by atoms with Crippen LogP contribution in [0.3, 0.4) is 0 Å². The number of hydrogen-bond donors (Lipinski definition) is 1. The molecule has 1 N–H and O–H groups in total. The summed E-state index contributed by atoms with van der Waals surface area (Å²) in [5, 5.41) is 2.28. The fraction of sp³-hybridized carbons (Fsp3) is 0. The molecule has 0 aliphatic carbocycles. The first-order valence-corrected chi connectivity index (χ1v) is 6.05. The third kappa shape index (κ3) is 3.12. The first kappa shape index (κ1) is 14.0. The number of anilines is 1. The van der Waals surface area contributed by atoms with Gasteiger partial charge in [-0.25, -0.2) is 14.4 Å². The van der Waals surface area contributed by atoms with Crippen molar-refractivity contribution in [3.63, 3.8) is 0 Å². The van der Waals surface area contributed by atoms with Crippen molar-refractivity contribution in [2.45, 2.75) is 0 Å². The van der Waals surface area contributed by atoms with Gasteiger partial charge in [0.2, 0.25) is 0 Å². The van der Waals surface area contributed by atoms with Gasteiger partial charge in [-0.05, 0) is 18.2 Å². The molecule has 4 nitrogen and oxygen atoms in total. The van der Waals surface area contributed by atoms with Crippen LogP contribution >= 0.6 is 34.8 Å². The predicted octanol–water partition coefficient (Wildman–Crippen LogP) is 3.83. The van der Waals surface area contributed by atoms with Crippen molar-refractivity contribution in [2.24, 2.45) is 0 Å². The van der Waals surface area contributed by atoms with Crippen LogP contribution < -0.4 is 5.32 Å². The van der Waals surface area contributed by atoms with Crippen LogP contribution in [-0.4, -0.2) is 15.9 Å². The molecule has 1 heterocycles. The van der Waals surface area contributed by atoms with Gasteiger partial charge in [0.25, 0.3) is 5.91 Å². The van der Waals surface area contributed by atoms with Crippen LogP contribution in [0.1, 0.15) is 10.4 Å². The highest BCUT2D eigenvalue weighted by atomic mass is 35.5. The van der Waals surface area contributed by atoms with E-state index < -0.39 is 11.7 Å². The number of halogens is 4. The molecule has 0 radical (unpaired) electrons. The van der Waals surface area contributed by atoms with Crippen LogP contribution in [0, 0.1) is 5.82 Å². The Kier molecular flexibility index (Phi) is 4.19. The zero-order valence-electron chi connectivity index (χ0n) is 9.12. The van der Waals surface area contributed by atoms with E-state index in [0.717, 1.165) is 12.4 Å². The van der Waals surface area contributed by atoms with Crippen LogP contribution in [0.5, 0.6) is 0 Å². The van der Waals surface area contributed by atoms with Gasteiger partial charge >= 0.3 is 0 Å². The van der Waals surface area contributed by atoms with E-state index in [4.69, 9.17) is 34.8 Å². The van der Waals surface area contributed by atoms with Crippen molar-refractivity contribution in [1.29, 1.82) is 0 Å². The van der Waals surface area contributed by atoms with E-state index in [1.54, 1.807) is 0 Å². The second kappa shape index (κ2) is 5.69. The molecule has 19 heavy (non-hydrogen) atoms. The Morgan fingerprint density at radius 1 is 1.16 bits per heavy atom. The molecule has 0 fully saturated rings. The van der Waals surface area contributed by atoms with Crippen LogP contribution in [0.15, 0.2) is 24.5 Å². The molecule has 0 atom stereocenters. The maximum Gasteiger partial charge on any atom is 0.255 e. The van der Waals surface area contributed by atoms with Gasteiger partial charge in [-0.15, -0.1) is 0 Å². The SMILES string of the molecule is O=C(Nc1c(Cl)ncnc1Cl)c1ccc(F)c(Cl)c1. The largest absolute Gasteiger partial charge is 0.317 e. The van der Waals surface area contributed by atoms with Gasteiger partial charge in [-0.2, -0.15) is 0 Å². The number of carbonyl (C=O) groups excluding carboxylic acids is 1. The number of hydrogen-bond acceptors (Lipinski definition) is 3. The van der Waals surface area contributed by atoms with Gasteiger partial charge < -0.3 is 5.32 Å². The Hall–Kier alpha value is -1.43. The highest BCUT2D eigenvalue weighted by Gasteiger charge is 2.14. The van der Waals surface area contributed by atoms with Crippen LogP contribution in [-0.2, 0) is 0 Å². The van der Waals surface area contributed by atoms with Crippen molar-refractivity contribution in [2.75, 3.05) is 5.32 Å². The Morgan fingerprint density at radius 2 is 1.79 bits per heavy atom. The van der Waals surface area contributed by atoms with Gasteiger partial charge in [0.05, 0.1) is 5.02 Å². The lowest BCUT2D eigenvalue weighted by Crippen LogP contribution is -2.13. The number of nitrogens with one attached hydrogen (secondary N) is 1. The van der Waals surface area contributed by atoms with E-state index in [1.807, 2.05) is 0 Å².